The highest BCUT2D eigenvalue weighted by Crippen LogP contribution is 2.38. The third-order valence-corrected chi connectivity index (χ3v) is 5.21. The van der Waals surface area contributed by atoms with Gasteiger partial charge in [0.05, 0.1) is 23.5 Å². The molecule has 0 bridgehead atoms. The van der Waals surface area contributed by atoms with E-state index in [2.05, 4.69) is 34.4 Å². The van der Waals surface area contributed by atoms with E-state index in [0.29, 0.717) is 17.8 Å². The van der Waals surface area contributed by atoms with Crippen molar-refractivity contribution in [3.05, 3.63) is 60.1 Å². The fraction of sp³-hybridized carbons (Fsp3) is 0.238. The first kappa shape index (κ1) is 17.7. The molecule has 1 atom stereocenters. The topological polar surface area (TPSA) is 90.4 Å². The van der Waals surface area contributed by atoms with Crippen molar-refractivity contribution >= 4 is 22.8 Å². The molecule has 0 saturated carbocycles. The fourth-order valence-electron chi connectivity index (χ4n) is 3.81. The summed E-state index contributed by atoms with van der Waals surface area (Å²) < 4.78 is 3.92. The van der Waals surface area contributed by atoms with Crippen molar-refractivity contribution in [1.29, 1.82) is 5.26 Å². The molecule has 3 aromatic rings. The zero-order valence-electron chi connectivity index (χ0n) is 16.0. The standard InChI is InChI=1S/C21H20N6O/c1-14(28)25-20-17(21(2)8-4-5-15(11-21)12-22)13-27(26(20)3)18-7-10-24-19-16(18)6-9-23-19/h4-10,13H,11H2,1-3H3,(H,23,24)/p+1. The Labute approximate surface area is 162 Å². The number of aromatic amines is 1. The van der Waals surface area contributed by atoms with Crippen LogP contribution in [0.25, 0.3) is 16.7 Å². The van der Waals surface area contributed by atoms with Crippen LogP contribution in [-0.2, 0) is 17.3 Å². The summed E-state index contributed by atoms with van der Waals surface area (Å²) in [6, 6.07) is 6.18. The molecule has 0 saturated heterocycles. The van der Waals surface area contributed by atoms with Crippen LogP contribution >= 0.6 is 0 Å². The summed E-state index contributed by atoms with van der Waals surface area (Å²) in [6.07, 6.45) is 12.0. The van der Waals surface area contributed by atoms with Gasteiger partial charge in [-0.15, -0.1) is 0 Å². The SMILES string of the molecule is CC(=O)Nc1c(C2(C)C=CC=C(C#N)C2)cn(-c2ccnc3[nH]ccc23)[n+]1C. The Morgan fingerprint density at radius 3 is 3.04 bits per heavy atom. The monoisotopic (exact) mass is 373 g/mol. The number of rotatable bonds is 3. The third kappa shape index (κ3) is 2.79. The molecule has 0 spiro atoms. The number of carbonyl (C=O) groups is 1. The van der Waals surface area contributed by atoms with E-state index in [-0.39, 0.29) is 5.91 Å². The van der Waals surface area contributed by atoms with Crippen molar-refractivity contribution in [3.63, 3.8) is 0 Å². The van der Waals surface area contributed by atoms with Gasteiger partial charge in [0.1, 0.15) is 12.7 Å². The second kappa shape index (κ2) is 6.50. The highest BCUT2D eigenvalue weighted by molar-refractivity contribution is 5.88. The van der Waals surface area contributed by atoms with Gasteiger partial charge in [-0.3, -0.25) is 0 Å². The van der Waals surface area contributed by atoms with Crippen molar-refractivity contribution in [2.24, 2.45) is 7.05 Å². The van der Waals surface area contributed by atoms with Gasteiger partial charge in [-0.25, -0.2) is 15.1 Å². The summed E-state index contributed by atoms with van der Waals surface area (Å²) in [4.78, 5) is 19.4. The fourth-order valence-corrected chi connectivity index (χ4v) is 3.81. The Morgan fingerprint density at radius 1 is 1.46 bits per heavy atom. The molecule has 3 heterocycles. The van der Waals surface area contributed by atoms with Crippen LogP contribution in [0.4, 0.5) is 5.82 Å². The molecule has 7 heteroatoms. The maximum absolute atomic E-state index is 11.9. The minimum Gasteiger partial charge on any atom is -0.346 e. The van der Waals surface area contributed by atoms with Crippen molar-refractivity contribution in [2.75, 3.05) is 5.32 Å². The van der Waals surface area contributed by atoms with E-state index < -0.39 is 5.41 Å². The van der Waals surface area contributed by atoms with Crippen LogP contribution in [0.5, 0.6) is 0 Å². The zero-order valence-corrected chi connectivity index (χ0v) is 16.0. The number of carbonyl (C=O) groups excluding carboxylic acids is 1. The van der Waals surface area contributed by atoms with Gasteiger partial charge in [0, 0.05) is 35.7 Å². The molecular weight excluding hydrogens is 352 g/mol. The summed E-state index contributed by atoms with van der Waals surface area (Å²) in [5, 5.41) is 13.3. The number of nitriles is 1. The smallest absolute Gasteiger partial charge is 0.306 e. The normalized spacial score (nSPS) is 18.7. The summed E-state index contributed by atoms with van der Waals surface area (Å²) in [7, 11) is 1.91. The minimum atomic E-state index is -0.412. The molecular formula is C21H21N6O+. The number of hydrogen-bond acceptors (Lipinski definition) is 3. The van der Waals surface area contributed by atoms with Crippen LogP contribution < -0.4 is 10.00 Å². The summed E-state index contributed by atoms with van der Waals surface area (Å²) in [6.45, 7) is 3.58. The molecule has 140 valence electrons. The number of H-pyrrole nitrogens is 1. The molecule has 1 unspecified atom stereocenters. The lowest BCUT2D eigenvalue weighted by Gasteiger charge is -2.26. The Balaban J connectivity index is 1.93. The molecule has 28 heavy (non-hydrogen) atoms. The molecule has 0 aliphatic heterocycles. The average Bonchev–Trinajstić information content (AvgIpc) is 3.27. The number of hydrogen-bond donors (Lipinski definition) is 2. The highest BCUT2D eigenvalue weighted by atomic mass is 16.1. The first-order chi connectivity index (χ1) is 13.4. The number of aromatic nitrogens is 4. The lowest BCUT2D eigenvalue weighted by atomic mass is 9.75. The maximum Gasteiger partial charge on any atom is 0.306 e. The predicted octanol–water partition coefficient (Wildman–Crippen LogP) is 2.80. The second-order valence-corrected chi connectivity index (χ2v) is 7.27. The number of pyridine rings is 1. The van der Waals surface area contributed by atoms with Gasteiger partial charge in [-0.2, -0.15) is 14.6 Å². The predicted molar refractivity (Wildman–Crippen MR) is 106 cm³/mol. The van der Waals surface area contributed by atoms with Crippen molar-refractivity contribution in [1.82, 2.24) is 14.6 Å². The summed E-state index contributed by atoms with van der Waals surface area (Å²) >= 11 is 0. The minimum absolute atomic E-state index is 0.143. The zero-order chi connectivity index (χ0) is 19.9. The number of allylic oxidation sites excluding steroid dienone is 4. The molecule has 4 rings (SSSR count). The van der Waals surface area contributed by atoms with Crippen LogP contribution in [0.3, 0.4) is 0 Å². The molecule has 3 aromatic heterocycles. The van der Waals surface area contributed by atoms with Crippen LogP contribution in [0.1, 0.15) is 25.8 Å². The van der Waals surface area contributed by atoms with E-state index in [1.54, 1.807) is 6.20 Å². The first-order valence-corrected chi connectivity index (χ1v) is 9.03. The average molecular weight is 373 g/mol. The Kier molecular flexibility index (Phi) is 4.12. The number of nitrogens with zero attached hydrogens (tertiary/aromatic N) is 4. The van der Waals surface area contributed by atoms with Crippen LogP contribution in [0.15, 0.2) is 54.5 Å². The van der Waals surface area contributed by atoms with Crippen LogP contribution in [0, 0.1) is 11.3 Å². The second-order valence-electron chi connectivity index (χ2n) is 7.27. The van der Waals surface area contributed by atoms with Gasteiger partial charge in [0.15, 0.2) is 0 Å². The van der Waals surface area contributed by atoms with E-state index in [1.807, 2.05) is 53.1 Å². The highest BCUT2D eigenvalue weighted by Gasteiger charge is 2.36. The Hall–Kier alpha value is -3.66. The lowest BCUT2D eigenvalue weighted by Crippen LogP contribution is -2.41. The van der Waals surface area contributed by atoms with Crippen LogP contribution in [-0.4, -0.2) is 20.6 Å². The number of amides is 1. The summed E-state index contributed by atoms with van der Waals surface area (Å²) in [5.41, 5.74) is 3.00. The number of fused-ring (bicyclic) bond motifs is 1. The van der Waals surface area contributed by atoms with E-state index in [9.17, 15) is 10.1 Å². The maximum atomic E-state index is 11.9. The van der Waals surface area contributed by atoms with Crippen LogP contribution in [0.2, 0.25) is 0 Å². The Morgan fingerprint density at radius 2 is 2.29 bits per heavy atom. The van der Waals surface area contributed by atoms with E-state index in [0.717, 1.165) is 22.3 Å². The van der Waals surface area contributed by atoms with E-state index in [4.69, 9.17) is 0 Å². The number of anilines is 1. The molecule has 1 aliphatic carbocycles. The van der Waals surface area contributed by atoms with Gasteiger partial charge >= 0.3 is 11.7 Å². The third-order valence-electron chi connectivity index (χ3n) is 5.21. The lowest BCUT2D eigenvalue weighted by molar-refractivity contribution is -0.731. The molecule has 1 amide bonds. The van der Waals surface area contributed by atoms with Crippen molar-refractivity contribution in [2.45, 2.75) is 25.7 Å². The van der Waals surface area contributed by atoms with Gasteiger partial charge in [-0.1, -0.05) is 19.1 Å². The molecule has 7 nitrogen and oxygen atoms in total. The molecule has 1 aliphatic rings. The van der Waals surface area contributed by atoms with Crippen molar-refractivity contribution < 1.29 is 9.48 Å². The molecule has 0 fully saturated rings. The first-order valence-electron chi connectivity index (χ1n) is 9.03. The molecule has 0 aromatic carbocycles. The largest absolute Gasteiger partial charge is 0.346 e. The van der Waals surface area contributed by atoms with E-state index in [1.165, 1.54) is 6.92 Å². The van der Waals surface area contributed by atoms with E-state index >= 15 is 0 Å². The molecule has 0 radical (unpaired) electrons. The Bertz CT molecular complexity index is 1190. The van der Waals surface area contributed by atoms with Gasteiger partial charge < -0.3 is 4.98 Å². The van der Waals surface area contributed by atoms with Gasteiger partial charge in [-0.05, 0) is 24.6 Å². The van der Waals surface area contributed by atoms with Gasteiger partial charge in [0.2, 0.25) is 0 Å². The van der Waals surface area contributed by atoms with Crippen molar-refractivity contribution in [3.8, 4) is 11.8 Å². The van der Waals surface area contributed by atoms with Gasteiger partial charge in [0.25, 0.3) is 0 Å². The summed E-state index contributed by atoms with van der Waals surface area (Å²) in [5.74, 6) is 0.565. The quantitative estimate of drug-likeness (QED) is 0.692. The number of nitrogens with one attached hydrogen (secondary N) is 2. The molecule has 2 N–H and O–H groups in total.